The number of likely N-dealkylation sites (tertiary alicyclic amines) is 1. The molecule has 9 heteroatoms. The third kappa shape index (κ3) is 4.64. The molecule has 0 saturated carbocycles. The summed E-state index contributed by atoms with van der Waals surface area (Å²) in [6.45, 7) is 6.19. The van der Waals surface area contributed by atoms with E-state index in [2.05, 4.69) is 10.2 Å². The molecule has 2 saturated heterocycles. The Morgan fingerprint density at radius 2 is 1.64 bits per heavy atom. The molecule has 6 nitrogen and oxygen atoms in total. The molecule has 2 fully saturated rings. The zero-order valence-electron chi connectivity index (χ0n) is 15.9. The molecule has 0 aliphatic carbocycles. The minimum Gasteiger partial charge on any atom is -0.342 e. The summed E-state index contributed by atoms with van der Waals surface area (Å²) < 4.78 is 40.1. The van der Waals surface area contributed by atoms with Crippen LogP contribution in [-0.2, 0) is 9.59 Å². The van der Waals surface area contributed by atoms with E-state index in [-0.39, 0.29) is 11.6 Å². The molecule has 2 aliphatic rings. The van der Waals surface area contributed by atoms with E-state index >= 15 is 0 Å². The topological polar surface area (TPSA) is 55.9 Å². The molecule has 1 N–H and O–H groups in total. The van der Waals surface area contributed by atoms with Gasteiger partial charge in [-0.05, 0) is 31.9 Å². The number of carbonyl (C=O) groups is 2. The molecule has 1 aromatic rings. The SMILES string of the molecule is CC(C(=O)Nc1ccc(F)c(F)c1F)N1CCN(CC(=O)N2CCCC2)CC1. The van der Waals surface area contributed by atoms with Gasteiger partial charge in [0.1, 0.15) is 0 Å². The first-order valence-corrected chi connectivity index (χ1v) is 9.55. The van der Waals surface area contributed by atoms with Crippen LogP contribution in [0.5, 0.6) is 0 Å². The first-order chi connectivity index (χ1) is 13.4. The van der Waals surface area contributed by atoms with Crippen LogP contribution in [0, 0.1) is 17.5 Å². The highest BCUT2D eigenvalue weighted by Crippen LogP contribution is 2.20. The molecule has 154 valence electrons. The summed E-state index contributed by atoms with van der Waals surface area (Å²) in [6, 6.07) is 1.21. The van der Waals surface area contributed by atoms with Crippen molar-refractivity contribution in [2.45, 2.75) is 25.8 Å². The van der Waals surface area contributed by atoms with Crippen molar-refractivity contribution in [3.63, 3.8) is 0 Å². The van der Waals surface area contributed by atoms with Gasteiger partial charge in [-0.15, -0.1) is 0 Å². The molecule has 1 atom stereocenters. The number of nitrogens with one attached hydrogen (secondary N) is 1. The first kappa shape index (κ1) is 20.6. The Hall–Kier alpha value is -2.13. The van der Waals surface area contributed by atoms with Crippen molar-refractivity contribution in [1.82, 2.24) is 14.7 Å². The van der Waals surface area contributed by atoms with Crippen LogP contribution in [0.3, 0.4) is 0 Å². The number of carbonyl (C=O) groups excluding carboxylic acids is 2. The zero-order chi connectivity index (χ0) is 20.3. The van der Waals surface area contributed by atoms with Crippen LogP contribution in [-0.4, -0.2) is 78.4 Å². The van der Waals surface area contributed by atoms with Crippen LogP contribution >= 0.6 is 0 Å². The molecule has 2 aliphatic heterocycles. The quantitative estimate of drug-likeness (QED) is 0.767. The lowest BCUT2D eigenvalue weighted by Crippen LogP contribution is -2.54. The maximum atomic E-state index is 13.7. The normalized spacial score (nSPS) is 19.6. The number of hydrogen-bond acceptors (Lipinski definition) is 4. The second-order valence-electron chi connectivity index (χ2n) is 7.29. The maximum Gasteiger partial charge on any atom is 0.241 e. The van der Waals surface area contributed by atoms with E-state index in [9.17, 15) is 22.8 Å². The van der Waals surface area contributed by atoms with Gasteiger partial charge in [-0.1, -0.05) is 0 Å². The molecule has 1 aromatic carbocycles. The van der Waals surface area contributed by atoms with Gasteiger partial charge in [0.25, 0.3) is 0 Å². The van der Waals surface area contributed by atoms with E-state index in [0.29, 0.717) is 32.7 Å². The number of anilines is 1. The largest absolute Gasteiger partial charge is 0.342 e. The monoisotopic (exact) mass is 398 g/mol. The van der Waals surface area contributed by atoms with Crippen LogP contribution in [0.25, 0.3) is 0 Å². The fraction of sp³-hybridized carbons (Fsp3) is 0.579. The van der Waals surface area contributed by atoms with Gasteiger partial charge < -0.3 is 10.2 Å². The minimum absolute atomic E-state index is 0.144. The molecule has 28 heavy (non-hydrogen) atoms. The number of nitrogens with zero attached hydrogens (tertiary/aromatic N) is 3. The number of benzene rings is 1. The Morgan fingerprint density at radius 1 is 1.00 bits per heavy atom. The van der Waals surface area contributed by atoms with Crippen LogP contribution < -0.4 is 5.32 Å². The summed E-state index contributed by atoms with van der Waals surface area (Å²) in [5, 5.41) is 2.32. The van der Waals surface area contributed by atoms with Crippen LogP contribution in [0.1, 0.15) is 19.8 Å². The summed E-state index contributed by atoms with van der Waals surface area (Å²) >= 11 is 0. The molecule has 2 amide bonds. The number of rotatable bonds is 5. The lowest BCUT2D eigenvalue weighted by Gasteiger charge is -2.37. The summed E-state index contributed by atoms with van der Waals surface area (Å²) in [5.74, 6) is -4.67. The highest BCUT2D eigenvalue weighted by Gasteiger charge is 2.28. The second-order valence-corrected chi connectivity index (χ2v) is 7.29. The Labute approximate surface area is 162 Å². The van der Waals surface area contributed by atoms with Gasteiger partial charge in [0.05, 0.1) is 18.3 Å². The second kappa shape index (κ2) is 8.91. The first-order valence-electron chi connectivity index (χ1n) is 9.55. The standard InChI is InChI=1S/C19H25F3N4O2/c1-13(19(28)23-15-5-4-14(20)17(21)18(15)22)25-10-8-24(9-11-25)12-16(27)26-6-2-3-7-26/h4-5,13H,2-3,6-12H2,1H3,(H,23,28). The van der Waals surface area contributed by atoms with Crippen molar-refractivity contribution in [1.29, 1.82) is 0 Å². The van der Waals surface area contributed by atoms with Gasteiger partial charge in [0.2, 0.25) is 11.8 Å². The smallest absolute Gasteiger partial charge is 0.241 e. The lowest BCUT2D eigenvalue weighted by molar-refractivity contribution is -0.132. The van der Waals surface area contributed by atoms with Gasteiger partial charge in [0.15, 0.2) is 17.5 Å². The number of amides is 2. The molecular weight excluding hydrogens is 373 g/mol. The molecular formula is C19H25F3N4O2. The van der Waals surface area contributed by atoms with E-state index in [1.165, 1.54) is 0 Å². The van der Waals surface area contributed by atoms with Crippen molar-refractivity contribution in [2.24, 2.45) is 0 Å². The highest BCUT2D eigenvalue weighted by atomic mass is 19.2. The molecule has 2 heterocycles. The molecule has 0 aromatic heterocycles. The van der Waals surface area contributed by atoms with E-state index in [4.69, 9.17) is 0 Å². The van der Waals surface area contributed by atoms with Crippen molar-refractivity contribution >= 4 is 17.5 Å². The average Bonchev–Trinajstić information content (AvgIpc) is 3.23. The van der Waals surface area contributed by atoms with E-state index in [1.807, 2.05) is 9.80 Å². The fourth-order valence-electron chi connectivity index (χ4n) is 3.59. The summed E-state index contributed by atoms with van der Waals surface area (Å²) in [5.41, 5.74) is -0.384. The molecule has 0 spiro atoms. The minimum atomic E-state index is -1.61. The van der Waals surface area contributed by atoms with Gasteiger partial charge in [0, 0.05) is 39.3 Å². The molecule has 1 unspecified atom stereocenters. The third-order valence-electron chi connectivity index (χ3n) is 5.44. The predicted molar refractivity (Wildman–Crippen MR) is 98.2 cm³/mol. The fourth-order valence-corrected chi connectivity index (χ4v) is 3.59. The molecule has 3 rings (SSSR count). The van der Waals surface area contributed by atoms with Crippen molar-refractivity contribution < 1.29 is 22.8 Å². The zero-order valence-corrected chi connectivity index (χ0v) is 15.9. The third-order valence-corrected chi connectivity index (χ3v) is 5.44. The van der Waals surface area contributed by atoms with Crippen molar-refractivity contribution in [3.8, 4) is 0 Å². The number of piperazine rings is 1. The average molecular weight is 398 g/mol. The van der Waals surface area contributed by atoms with E-state index in [0.717, 1.165) is 38.1 Å². The van der Waals surface area contributed by atoms with Crippen molar-refractivity contribution in [2.75, 3.05) is 51.1 Å². The van der Waals surface area contributed by atoms with Crippen molar-refractivity contribution in [3.05, 3.63) is 29.6 Å². The number of halogens is 3. The molecule has 0 radical (unpaired) electrons. The molecule has 0 bridgehead atoms. The Morgan fingerprint density at radius 3 is 2.29 bits per heavy atom. The van der Waals surface area contributed by atoms with Crippen LogP contribution in [0.4, 0.5) is 18.9 Å². The summed E-state index contributed by atoms with van der Waals surface area (Å²) in [7, 11) is 0. The number of hydrogen-bond donors (Lipinski definition) is 1. The van der Waals surface area contributed by atoms with Gasteiger partial charge in [-0.3, -0.25) is 19.4 Å². The van der Waals surface area contributed by atoms with Gasteiger partial charge in [-0.2, -0.15) is 0 Å². The lowest BCUT2D eigenvalue weighted by atomic mass is 10.2. The van der Waals surface area contributed by atoms with Crippen LogP contribution in [0.2, 0.25) is 0 Å². The summed E-state index contributed by atoms with van der Waals surface area (Å²) in [6.07, 6.45) is 2.12. The maximum absolute atomic E-state index is 13.7. The van der Waals surface area contributed by atoms with Gasteiger partial charge in [-0.25, -0.2) is 13.2 Å². The van der Waals surface area contributed by atoms with Crippen LogP contribution in [0.15, 0.2) is 12.1 Å². The van der Waals surface area contributed by atoms with Gasteiger partial charge >= 0.3 is 0 Å². The summed E-state index contributed by atoms with van der Waals surface area (Å²) in [4.78, 5) is 30.5. The van der Waals surface area contributed by atoms with E-state index in [1.54, 1.807) is 6.92 Å². The Kier molecular flexibility index (Phi) is 6.56. The van der Waals surface area contributed by atoms with E-state index < -0.39 is 29.4 Å². The highest BCUT2D eigenvalue weighted by molar-refractivity contribution is 5.94. The Balaban J connectivity index is 1.49. The predicted octanol–water partition coefficient (Wildman–Crippen LogP) is 1.67. The Bertz CT molecular complexity index is 732.